The molecule has 0 amide bonds. The lowest BCUT2D eigenvalue weighted by molar-refractivity contribution is -0.870. The molecule has 0 aromatic carbocycles. The number of quaternary nitrogens is 1. The van der Waals surface area contributed by atoms with Crippen molar-refractivity contribution in [3.05, 3.63) is 24.3 Å². The van der Waals surface area contributed by atoms with Crippen LogP contribution in [0.5, 0.6) is 0 Å². The lowest BCUT2D eigenvalue weighted by Crippen LogP contribution is -2.38. The molecular weight excluding hydrogens is 501 g/mol. The van der Waals surface area contributed by atoms with Gasteiger partial charge < -0.3 is 27.9 Å². The van der Waals surface area contributed by atoms with Crippen molar-refractivity contribution < 1.29 is 32.5 Å². The Kier molecular flexibility index (Phi) is 25.1. The van der Waals surface area contributed by atoms with Gasteiger partial charge in [-0.25, -0.2) is 0 Å². The Bertz CT molecular complexity index is 620. The summed E-state index contributed by atoms with van der Waals surface area (Å²) in [7, 11) is 3.03. The van der Waals surface area contributed by atoms with Crippen LogP contribution >= 0.6 is 7.82 Å². The van der Waals surface area contributed by atoms with E-state index in [9.17, 15) is 9.46 Å². The molecule has 0 aliphatic heterocycles. The molecule has 0 rings (SSSR count). The Morgan fingerprint density at radius 2 is 1.24 bits per heavy atom. The molecule has 0 heterocycles. The maximum absolute atomic E-state index is 12.1. The van der Waals surface area contributed by atoms with Crippen LogP contribution in [-0.4, -0.2) is 71.8 Å². The first-order valence-electron chi connectivity index (χ1n) is 15.0. The highest BCUT2D eigenvalue weighted by atomic mass is 31.2. The molecule has 0 N–H and O–H groups in total. The zero-order valence-electron chi connectivity index (χ0n) is 25.4. The minimum Gasteiger partial charge on any atom is -0.756 e. The van der Waals surface area contributed by atoms with Gasteiger partial charge in [0.05, 0.1) is 34.4 Å². The standard InChI is InChI=1S/C30H60NO6P/c1-6-7-8-9-10-11-12-13-14-15-16-17-18-19-20-21-22-23-24-26-35-29-30(28-34-5)37-38(32,33)36-27-25-31(2,3)4/h10-11,16-17,30H,6-9,12-15,18-29H2,1-5H3/b11-10-,17-16-/t30-/m0/s1. The highest BCUT2D eigenvalue weighted by Gasteiger charge is 2.20. The fourth-order valence-electron chi connectivity index (χ4n) is 3.83. The number of likely N-dealkylation sites (N-methyl/N-ethyl adjacent to an activating group) is 1. The number of nitrogens with zero attached hydrogens (tertiary/aromatic N) is 1. The predicted octanol–water partition coefficient (Wildman–Crippen LogP) is 7.21. The topological polar surface area (TPSA) is 77.1 Å². The summed E-state index contributed by atoms with van der Waals surface area (Å²) in [5.41, 5.74) is 0. The molecular formula is C30H60NO6P. The predicted molar refractivity (Wildman–Crippen MR) is 157 cm³/mol. The van der Waals surface area contributed by atoms with Crippen molar-refractivity contribution in [1.82, 2.24) is 0 Å². The van der Waals surface area contributed by atoms with Crippen molar-refractivity contribution in [2.24, 2.45) is 0 Å². The van der Waals surface area contributed by atoms with Gasteiger partial charge in [-0.15, -0.1) is 0 Å². The molecule has 0 fully saturated rings. The molecule has 0 saturated heterocycles. The van der Waals surface area contributed by atoms with E-state index >= 15 is 0 Å². The maximum atomic E-state index is 12.1. The van der Waals surface area contributed by atoms with Gasteiger partial charge in [-0.05, 0) is 57.8 Å². The Morgan fingerprint density at radius 3 is 1.76 bits per heavy atom. The van der Waals surface area contributed by atoms with Crippen LogP contribution in [0.2, 0.25) is 0 Å². The van der Waals surface area contributed by atoms with Gasteiger partial charge in [0.1, 0.15) is 19.3 Å². The number of rotatable bonds is 28. The van der Waals surface area contributed by atoms with Gasteiger partial charge in [-0.3, -0.25) is 4.57 Å². The molecule has 38 heavy (non-hydrogen) atoms. The zero-order valence-corrected chi connectivity index (χ0v) is 26.3. The molecule has 7 nitrogen and oxygen atoms in total. The van der Waals surface area contributed by atoms with Gasteiger partial charge in [0.2, 0.25) is 0 Å². The first-order valence-corrected chi connectivity index (χ1v) is 16.5. The summed E-state index contributed by atoms with van der Waals surface area (Å²) in [6.45, 7) is 3.79. The van der Waals surface area contributed by atoms with Gasteiger partial charge in [-0.2, -0.15) is 0 Å². The second kappa shape index (κ2) is 25.4. The van der Waals surface area contributed by atoms with Crippen LogP contribution in [0.3, 0.4) is 0 Å². The Balaban J connectivity index is 3.63. The Morgan fingerprint density at radius 1 is 0.737 bits per heavy atom. The van der Waals surface area contributed by atoms with Gasteiger partial charge >= 0.3 is 0 Å². The van der Waals surface area contributed by atoms with Crippen molar-refractivity contribution in [2.75, 3.05) is 61.2 Å². The molecule has 2 atom stereocenters. The summed E-state index contributed by atoms with van der Waals surface area (Å²) >= 11 is 0. The second-order valence-corrected chi connectivity index (χ2v) is 12.5. The number of phosphoric acid groups is 1. The molecule has 0 aromatic rings. The maximum Gasteiger partial charge on any atom is 0.268 e. The van der Waals surface area contributed by atoms with Crippen LogP contribution < -0.4 is 4.89 Å². The summed E-state index contributed by atoms with van der Waals surface area (Å²) in [6, 6.07) is 0. The minimum absolute atomic E-state index is 0.0818. The van der Waals surface area contributed by atoms with E-state index in [4.69, 9.17) is 18.5 Å². The highest BCUT2D eigenvalue weighted by Crippen LogP contribution is 2.39. The van der Waals surface area contributed by atoms with Crippen LogP contribution in [0.1, 0.15) is 103 Å². The number of phosphoric ester groups is 1. The SMILES string of the molecule is CCCCC/C=C\CCCC/C=C\CCCCCCCCOC[C@H](COC)OP(=O)([O-])OCC[N+](C)(C)C. The van der Waals surface area contributed by atoms with Gasteiger partial charge in [0, 0.05) is 13.7 Å². The summed E-state index contributed by atoms with van der Waals surface area (Å²) in [5.74, 6) is 0. The quantitative estimate of drug-likeness (QED) is 0.0435. The molecule has 8 heteroatoms. The molecule has 0 aliphatic carbocycles. The van der Waals surface area contributed by atoms with E-state index < -0.39 is 13.9 Å². The normalized spacial score (nSPS) is 15.0. The van der Waals surface area contributed by atoms with Crippen LogP contribution in [0, 0.1) is 0 Å². The van der Waals surface area contributed by atoms with E-state index in [1.807, 2.05) is 21.1 Å². The molecule has 0 spiro atoms. The number of ether oxygens (including phenoxy) is 2. The van der Waals surface area contributed by atoms with E-state index in [-0.39, 0.29) is 19.8 Å². The van der Waals surface area contributed by atoms with Crippen molar-refractivity contribution >= 4 is 7.82 Å². The lowest BCUT2D eigenvalue weighted by Gasteiger charge is -2.29. The summed E-state index contributed by atoms with van der Waals surface area (Å²) in [6.07, 6.45) is 27.2. The van der Waals surface area contributed by atoms with E-state index in [1.165, 1.54) is 90.6 Å². The highest BCUT2D eigenvalue weighted by molar-refractivity contribution is 7.45. The van der Waals surface area contributed by atoms with Crippen LogP contribution in [-0.2, 0) is 23.1 Å². The van der Waals surface area contributed by atoms with Crippen LogP contribution in [0.15, 0.2) is 24.3 Å². The van der Waals surface area contributed by atoms with Gasteiger partial charge in [-0.1, -0.05) is 69.8 Å². The smallest absolute Gasteiger partial charge is 0.268 e. The number of methoxy groups -OCH3 is 1. The molecule has 226 valence electrons. The zero-order chi connectivity index (χ0) is 28.4. The molecule has 0 radical (unpaired) electrons. The van der Waals surface area contributed by atoms with Gasteiger partial charge in [0.25, 0.3) is 7.82 Å². The van der Waals surface area contributed by atoms with Crippen LogP contribution in [0.4, 0.5) is 0 Å². The third-order valence-corrected chi connectivity index (χ3v) is 7.21. The van der Waals surface area contributed by atoms with E-state index in [2.05, 4.69) is 31.2 Å². The Hall–Kier alpha value is -0.530. The monoisotopic (exact) mass is 561 g/mol. The average Bonchev–Trinajstić information content (AvgIpc) is 2.84. The Labute approximate surface area is 235 Å². The van der Waals surface area contributed by atoms with Gasteiger partial charge in [0.15, 0.2) is 0 Å². The van der Waals surface area contributed by atoms with Crippen LogP contribution in [0.25, 0.3) is 0 Å². The van der Waals surface area contributed by atoms with Crippen molar-refractivity contribution in [1.29, 1.82) is 0 Å². The number of hydrogen-bond donors (Lipinski definition) is 0. The first kappa shape index (κ1) is 37.5. The number of unbranched alkanes of at least 4 members (excludes halogenated alkanes) is 12. The third kappa shape index (κ3) is 28.5. The summed E-state index contributed by atoms with van der Waals surface area (Å²) in [5, 5.41) is 0. The summed E-state index contributed by atoms with van der Waals surface area (Å²) < 4.78 is 33.5. The number of hydrogen-bond acceptors (Lipinski definition) is 6. The van der Waals surface area contributed by atoms with E-state index in [0.29, 0.717) is 17.6 Å². The van der Waals surface area contributed by atoms with E-state index in [1.54, 1.807) is 0 Å². The van der Waals surface area contributed by atoms with Crippen molar-refractivity contribution in [3.8, 4) is 0 Å². The largest absolute Gasteiger partial charge is 0.756 e. The van der Waals surface area contributed by atoms with Crippen molar-refractivity contribution in [3.63, 3.8) is 0 Å². The average molecular weight is 562 g/mol. The summed E-state index contributed by atoms with van der Waals surface area (Å²) in [4.78, 5) is 12.1. The molecule has 0 saturated carbocycles. The molecule has 0 aromatic heterocycles. The minimum atomic E-state index is -4.39. The lowest BCUT2D eigenvalue weighted by atomic mass is 10.1. The third-order valence-electron chi connectivity index (χ3n) is 6.15. The molecule has 1 unspecified atom stereocenters. The second-order valence-electron chi connectivity index (χ2n) is 11.2. The van der Waals surface area contributed by atoms with E-state index in [0.717, 1.165) is 12.8 Å². The van der Waals surface area contributed by atoms with Crippen molar-refractivity contribution in [2.45, 2.75) is 109 Å². The molecule has 0 bridgehead atoms. The molecule has 0 aliphatic rings. The first-order chi connectivity index (χ1) is 18.2. The number of allylic oxidation sites excluding steroid dienone is 4. The fourth-order valence-corrected chi connectivity index (χ4v) is 4.68. The fraction of sp³-hybridized carbons (Fsp3) is 0.867.